The van der Waals surface area contributed by atoms with E-state index in [9.17, 15) is 0 Å². The van der Waals surface area contributed by atoms with Crippen molar-refractivity contribution in [1.82, 2.24) is 0 Å². The van der Waals surface area contributed by atoms with E-state index in [0.717, 1.165) is 11.4 Å². The van der Waals surface area contributed by atoms with Gasteiger partial charge in [0.05, 0.1) is 11.4 Å². The van der Waals surface area contributed by atoms with E-state index in [-0.39, 0.29) is 0 Å². The molecule has 0 saturated carbocycles. The quantitative estimate of drug-likeness (QED) is 0.552. The maximum Gasteiger partial charge on any atom is 0.0878 e. The van der Waals surface area contributed by atoms with Crippen molar-refractivity contribution in [2.75, 3.05) is 0 Å². The smallest absolute Gasteiger partial charge is 0.0878 e. The van der Waals surface area contributed by atoms with Crippen LogP contribution in [0.3, 0.4) is 0 Å². The van der Waals surface area contributed by atoms with Crippen LogP contribution >= 0.6 is 0 Å². The maximum absolute atomic E-state index is 3.76. The van der Waals surface area contributed by atoms with Gasteiger partial charge in [-0.05, 0) is 25.6 Å². The van der Waals surface area contributed by atoms with Gasteiger partial charge >= 0.3 is 0 Å². The molecular weight excluding hydrogens is 124 g/mol. The van der Waals surface area contributed by atoms with Crippen molar-refractivity contribution in [2.45, 2.75) is 0 Å². The van der Waals surface area contributed by atoms with Crippen LogP contribution in [0.25, 0.3) is 0 Å². The predicted octanol–water partition coefficient (Wildman–Crippen LogP) is 2.35. The Morgan fingerprint density at radius 1 is 0.900 bits per heavy atom. The summed E-state index contributed by atoms with van der Waals surface area (Å²) in [5.41, 5.74) is 1.55. The van der Waals surface area contributed by atoms with Crippen molar-refractivity contribution in [3.05, 3.63) is 24.3 Å². The van der Waals surface area contributed by atoms with Crippen LogP contribution < -0.4 is 0 Å². The number of benzene rings is 1. The summed E-state index contributed by atoms with van der Waals surface area (Å²) in [6.07, 6.45) is 0. The molecule has 0 aromatic heterocycles. The predicted molar refractivity (Wildman–Crippen MR) is 44.9 cm³/mol. The van der Waals surface area contributed by atoms with Gasteiger partial charge in [-0.25, -0.2) is 0 Å². The average molecular weight is 132 g/mol. The Labute approximate surface area is 60.0 Å². The maximum atomic E-state index is 3.76. The molecule has 0 heterocycles. The molecule has 0 radical (unpaired) electrons. The van der Waals surface area contributed by atoms with Crippen LogP contribution in [0.2, 0.25) is 0 Å². The van der Waals surface area contributed by atoms with Crippen molar-refractivity contribution in [2.24, 2.45) is 9.98 Å². The second kappa shape index (κ2) is 2.92. The van der Waals surface area contributed by atoms with E-state index < -0.39 is 0 Å². The molecule has 0 amide bonds. The van der Waals surface area contributed by atoms with E-state index in [1.54, 1.807) is 0 Å². The van der Waals surface area contributed by atoms with Gasteiger partial charge in [0, 0.05) is 0 Å². The van der Waals surface area contributed by atoms with Crippen LogP contribution in [0.15, 0.2) is 34.3 Å². The summed E-state index contributed by atoms with van der Waals surface area (Å²) in [5, 5.41) is 0. The lowest BCUT2D eigenvalue weighted by molar-refractivity contribution is 1.48. The zero-order chi connectivity index (χ0) is 7.40. The molecule has 0 fully saturated rings. The SMILES string of the molecule is C=Nc1ccccc1N=C. The number of rotatable bonds is 2. The Hall–Kier alpha value is -1.44. The minimum absolute atomic E-state index is 0.775. The first-order valence-corrected chi connectivity index (χ1v) is 2.91. The molecule has 0 saturated heterocycles. The first-order chi connectivity index (χ1) is 4.88. The van der Waals surface area contributed by atoms with Crippen LogP contribution in [-0.4, -0.2) is 13.4 Å². The molecule has 0 bridgehead atoms. The lowest BCUT2D eigenvalue weighted by atomic mass is 10.3. The van der Waals surface area contributed by atoms with Crippen molar-refractivity contribution in [3.63, 3.8) is 0 Å². The second-order valence-electron chi connectivity index (χ2n) is 1.80. The molecule has 0 unspecified atom stereocenters. The molecule has 50 valence electrons. The Kier molecular flexibility index (Phi) is 1.95. The zero-order valence-corrected chi connectivity index (χ0v) is 5.62. The Morgan fingerprint density at radius 2 is 1.30 bits per heavy atom. The van der Waals surface area contributed by atoms with Gasteiger partial charge in [0.25, 0.3) is 0 Å². The molecule has 2 heteroatoms. The summed E-state index contributed by atoms with van der Waals surface area (Å²) in [4.78, 5) is 7.52. The molecule has 0 spiro atoms. The van der Waals surface area contributed by atoms with Gasteiger partial charge in [-0.2, -0.15) is 0 Å². The fourth-order valence-electron chi connectivity index (χ4n) is 0.732. The molecule has 0 aliphatic heterocycles. The fraction of sp³-hybridized carbons (Fsp3) is 0. The third-order valence-corrected chi connectivity index (χ3v) is 1.22. The van der Waals surface area contributed by atoms with Gasteiger partial charge in [-0.3, -0.25) is 9.98 Å². The number of hydrogen-bond acceptors (Lipinski definition) is 2. The van der Waals surface area contributed by atoms with Gasteiger partial charge in [0.2, 0.25) is 0 Å². The zero-order valence-electron chi connectivity index (χ0n) is 5.62. The lowest BCUT2D eigenvalue weighted by Gasteiger charge is -1.95. The minimum atomic E-state index is 0.775. The summed E-state index contributed by atoms with van der Waals surface area (Å²) in [6, 6.07) is 7.46. The number of hydrogen-bond donors (Lipinski definition) is 0. The topological polar surface area (TPSA) is 24.7 Å². The average Bonchev–Trinajstić information content (AvgIpc) is 2.04. The van der Waals surface area contributed by atoms with Crippen LogP contribution in [0.1, 0.15) is 0 Å². The molecular formula is C8H8N2. The standard InChI is InChI=1S/C8H8N2/c1-9-7-5-3-4-6-8(7)10-2/h3-6H,1-2H2. The molecule has 0 N–H and O–H groups in total. The highest BCUT2D eigenvalue weighted by Gasteiger charge is 1.92. The lowest BCUT2D eigenvalue weighted by Crippen LogP contribution is -1.64. The van der Waals surface area contributed by atoms with Gasteiger partial charge < -0.3 is 0 Å². The van der Waals surface area contributed by atoms with E-state index in [1.807, 2.05) is 24.3 Å². The minimum Gasteiger partial charge on any atom is -0.262 e. The number of nitrogens with zero attached hydrogens (tertiary/aromatic N) is 2. The molecule has 2 nitrogen and oxygen atoms in total. The summed E-state index contributed by atoms with van der Waals surface area (Å²) in [7, 11) is 0. The molecule has 0 aliphatic carbocycles. The first-order valence-electron chi connectivity index (χ1n) is 2.91. The molecule has 1 rings (SSSR count). The Morgan fingerprint density at radius 3 is 1.60 bits per heavy atom. The third kappa shape index (κ3) is 1.10. The van der Waals surface area contributed by atoms with Crippen LogP contribution in [0.4, 0.5) is 11.4 Å². The Balaban J connectivity index is 3.20. The normalized spacial score (nSPS) is 8.80. The highest BCUT2D eigenvalue weighted by atomic mass is 14.8. The van der Waals surface area contributed by atoms with Crippen LogP contribution in [-0.2, 0) is 0 Å². The summed E-state index contributed by atoms with van der Waals surface area (Å²) in [6.45, 7) is 6.80. The van der Waals surface area contributed by atoms with E-state index >= 15 is 0 Å². The van der Waals surface area contributed by atoms with Crippen molar-refractivity contribution >= 4 is 24.8 Å². The van der Waals surface area contributed by atoms with Crippen molar-refractivity contribution in [1.29, 1.82) is 0 Å². The summed E-state index contributed by atoms with van der Waals surface area (Å²) >= 11 is 0. The molecule has 1 aromatic rings. The third-order valence-electron chi connectivity index (χ3n) is 1.22. The summed E-state index contributed by atoms with van der Waals surface area (Å²) in [5.74, 6) is 0. The second-order valence-corrected chi connectivity index (χ2v) is 1.80. The van der Waals surface area contributed by atoms with E-state index in [1.165, 1.54) is 0 Å². The van der Waals surface area contributed by atoms with Gasteiger partial charge in [0.1, 0.15) is 0 Å². The van der Waals surface area contributed by atoms with Crippen molar-refractivity contribution < 1.29 is 0 Å². The van der Waals surface area contributed by atoms with Gasteiger partial charge in [-0.15, -0.1) is 0 Å². The van der Waals surface area contributed by atoms with E-state index in [2.05, 4.69) is 23.4 Å². The number of para-hydroxylation sites is 2. The molecule has 0 aliphatic rings. The Bertz CT molecular complexity index is 226. The monoisotopic (exact) mass is 132 g/mol. The highest BCUT2D eigenvalue weighted by Crippen LogP contribution is 2.25. The largest absolute Gasteiger partial charge is 0.262 e. The fourth-order valence-corrected chi connectivity index (χ4v) is 0.732. The van der Waals surface area contributed by atoms with E-state index in [4.69, 9.17) is 0 Å². The van der Waals surface area contributed by atoms with Crippen LogP contribution in [0.5, 0.6) is 0 Å². The van der Waals surface area contributed by atoms with Crippen LogP contribution in [0, 0.1) is 0 Å². The molecule has 1 aromatic carbocycles. The molecule has 10 heavy (non-hydrogen) atoms. The van der Waals surface area contributed by atoms with Crippen molar-refractivity contribution in [3.8, 4) is 0 Å². The highest BCUT2D eigenvalue weighted by molar-refractivity contribution is 5.66. The van der Waals surface area contributed by atoms with Gasteiger partial charge in [0.15, 0.2) is 0 Å². The molecule has 0 atom stereocenters. The van der Waals surface area contributed by atoms with E-state index in [0.29, 0.717) is 0 Å². The number of aliphatic imine (C=N–C) groups is 2. The first kappa shape index (κ1) is 6.68. The summed E-state index contributed by atoms with van der Waals surface area (Å²) < 4.78 is 0. The van der Waals surface area contributed by atoms with Gasteiger partial charge in [-0.1, -0.05) is 12.1 Å².